The van der Waals surface area contributed by atoms with Crippen LogP contribution in [0.3, 0.4) is 0 Å². The first-order valence-corrected chi connectivity index (χ1v) is 8.24. The first-order chi connectivity index (χ1) is 10.1. The van der Waals surface area contributed by atoms with Crippen LogP contribution in [-0.2, 0) is 13.1 Å². The van der Waals surface area contributed by atoms with Gasteiger partial charge in [-0.25, -0.2) is 0 Å². The van der Waals surface area contributed by atoms with Gasteiger partial charge in [-0.1, -0.05) is 26.8 Å². The van der Waals surface area contributed by atoms with Crippen LogP contribution in [0.4, 0.5) is 0 Å². The summed E-state index contributed by atoms with van der Waals surface area (Å²) in [7, 11) is 1.77. The zero-order valence-corrected chi connectivity index (χ0v) is 14.0. The highest BCUT2D eigenvalue weighted by molar-refractivity contribution is 5.37. The zero-order valence-electron chi connectivity index (χ0n) is 14.0. The van der Waals surface area contributed by atoms with Crippen molar-refractivity contribution < 1.29 is 4.74 Å². The molecule has 1 aliphatic carbocycles. The van der Waals surface area contributed by atoms with Crippen LogP contribution in [0.1, 0.15) is 44.7 Å². The Morgan fingerprint density at radius 3 is 2.67 bits per heavy atom. The van der Waals surface area contributed by atoms with Gasteiger partial charge >= 0.3 is 0 Å². The number of rotatable bonds is 9. The van der Waals surface area contributed by atoms with E-state index in [9.17, 15) is 0 Å². The molecule has 1 aromatic rings. The van der Waals surface area contributed by atoms with Crippen molar-refractivity contribution in [1.29, 1.82) is 0 Å². The van der Waals surface area contributed by atoms with E-state index in [1.807, 2.05) is 0 Å². The first-order valence-electron chi connectivity index (χ1n) is 8.24. The van der Waals surface area contributed by atoms with E-state index in [0.717, 1.165) is 31.4 Å². The highest BCUT2D eigenvalue weighted by Gasteiger charge is 2.29. The summed E-state index contributed by atoms with van der Waals surface area (Å²) < 4.78 is 5.56. The summed E-state index contributed by atoms with van der Waals surface area (Å²) in [4.78, 5) is 2.62. The number of hydrogen-bond acceptors (Lipinski definition) is 3. The van der Waals surface area contributed by atoms with Crippen molar-refractivity contribution in [2.24, 2.45) is 5.92 Å². The second kappa shape index (κ2) is 7.81. The molecule has 0 spiro atoms. The summed E-state index contributed by atoms with van der Waals surface area (Å²) in [5.74, 6) is 1.73. The fourth-order valence-electron chi connectivity index (χ4n) is 2.81. The van der Waals surface area contributed by atoms with Crippen LogP contribution in [0.2, 0.25) is 0 Å². The van der Waals surface area contributed by atoms with Crippen molar-refractivity contribution in [2.45, 2.75) is 52.7 Å². The van der Waals surface area contributed by atoms with Gasteiger partial charge in [0.1, 0.15) is 5.75 Å². The molecule has 3 heteroatoms. The number of hydrogen-bond donors (Lipinski definition) is 1. The molecule has 0 radical (unpaired) electrons. The normalized spacial score (nSPS) is 15.0. The molecule has 0 aliphatic heterocycles. The predicted molar refractivity (Wildman–Crippen MR) is 88.6 cm³/mol. The van der Waals surface area contributed by atoms with Crippen LogP contribution in [-0.4, -0.2) is 31.1 Å². The quantitative estimate of drug-likeness (QED) is 0.754. The molecule has 3 nitrogen and oxygen atoms in total. The minimum atomic E-state index is 0.710. The molecule has 0 amide bonds. The number of methoxy groups -OCH3 is 1. The molecule has 0 heterocycles. The smallest absolute Gasteiger partial charge is 0.123 e. The summed E-state index contributed by atoms with van der Waals surface area (Å²) in [6, 6.07) is 7.36. The highest BCUT2D eigenvalue weighted by Crippen LogP contribution is 2.31. The van der Waals surface area contributed by atoms with E-state index in [1.165, 1.54) is 30.5 Å². The Morgan fingerprint density at radius 2 is 2.10 bits per heavy atom. The van der Waals surface area contributed by atoms with Crippen LogP contribution in [0, 0.1) is 5.92 Å². The summed E-state index contributed by atoms with van der Waals surface area (Å²) >= 11 is 0. The minimum Gasteiger partial charge on any atom is -0.496 e. The van der Waals surface area contributed by atoms with Gasteiger partial charge in [0.2, 0.25) is 0 Å². The van der Waals surface area contributed by atoms with Gasteiger partial charge in [-0.2, -0.15) is 0 Å². The summed E-state index contributed by atoms with van der Waals surface area (Å²) in [6.07, 6.45) is 2.71. The number of ether oxygens (including phenoxy) is 1. The largest absolute Gasteiger partial charge is 0.496 e. The monoisotopic (exact) mass is 290 g/mol. The number of nitrogens with one attached hydrogen (secondary N) is 1. The van der Waals surface area contributed by atoms with Gasteiger partial charge in [-0.05, 0) is 43.0 Å². The average molecular weight is 290 g/mol. The lowest BCUT2D eigenvalue weighted by Gasteiger charge is -2.25. The van der Waals surface area contributed by atoms with E-state index in [2.05, 4.69) is 49.2 Å². The fourth-order valence-corrected chi connectivity index (χ4v) is 2.81. The Hall–Kier alpha value is -1.06. The first kappa shape index (κ1) is 16.3. The van der Waals surface area contributed by atoms with Gasteiger partial charge in [-0.15, -0.1) is 0 Å². The van der Waals surface area contributed by atoms with Crippen molar-refractivity contribution in [3.63, 3.8) is 0 Å². The predicted octanol–water partition coefficient (Wildman–Crippen LogP) is 3.43. The molecule has 21 heavy (non-hydrogen) atoms. The second-order valence-electron chi connectivity index (χ2n) is 6.48. The van der Waals surface area contributed by atoms with E-state index >= 15 is 0 Å². The molecule has 1 saturated carbocycles. The maximum atomic E-state index is 5.56. The van der Waals surface area contributed by atoms with E-state index in [0.29, 0.717) is 5.92 Å². The molecule has 118 valence electrons. The van der Waals surface area contributed by atoms with Crippen LogP contribution >= 0.6 is 0 Å². The molecule has 1 N–H and O–H groups in total. The Labute approximate surface area is 129 Å². The van der Waals surface area contributed by atoms with E-state index in [4.69, 9.17) is 4.74 Å². The third-order valence-electron chi connectivity index (χ3n) is 3.96. The maximum absolute atomic E-state index is 5.56. The molecule has 0 bridgehead atoms. The SMILES string of the molecule is CCNCc1ccc(OC)c(CN(CC(C)C)C2CC2)c1. The third kappa shape index (κ3) is 5.01. The van der Waals surface area contributed by atoms with Gasteiger partial charge in [0.25, 0.3) is 0 Å². The number of benzene rings is 1. The standard InChI is InChI=1S/C18H30N2O/c1-5-19-11-15-6-9-18(21-4)16(10-15)13-20(12-14(2)3)17-7-8-17/h6,9-10,14,17,19H,5,7-8,11-13H2,1-4H3. The molecular formula is C18H30N2O. The number of nitrogens with zero attached hydrogens (tertiary/aromatic N) is 1. The van der Waals surface area contributed by atoms with Crippen molar-refractivity contribution in [2.75, 3.05) is 20.2 Å². The molecule has 2 rings (SSSR count). The lowest BCUT2D eigenvalue weighted by Crippen LogP contribution is -2.29. The van der Waals surface area contributed by atoms with Gasteiger partial charge in [-0.3, -0.25) is 4.90 Å². The molecule has 1 aromatic carbocycles. The molecule has 1 aliphatic rings. The molecule has 0 saturated heterocycles. The lowest BCUT2D eigenvalue weighted by atomic mass is 10.1. The summed E-state index contributed by atoms with van der Waals surface area (Å²) in [6.45, 7) is 10.9. The van der Waals surface area contributed by atoms with Crippen molar-refractivity contribution >= 4 is 0 Å². The zero-order chi connectivity index (χ0) is 15.2. The van der Waals surface area contributed by atoms with E-state index in [1.54, 1.807) is 7.11 Å². The van der Waals surface area contributed by atoms with Gasteiger partial charge in [0.15, 0.2) is 0 Å². The van der Waals surface area contributed by atoms with Crippen LogP contribution < -0.4 is 10.1 Å². The Balaban J connectivity index is 2.11. The van der Waals surface area contributed by atoms with Gasteiger partial charge in [0.05, 0.1) is 7.11 Å². The molecule has 0 aromatic heterocycles. The fraction of sp³-hybridized carbons (Fsp3) is 0.667. The second-order valence-corrected chi connectivity index (χ2v) is 6.48. The summed E-state index contributed by atoms with van der Waals surface area (Å²) in [5.41, 5.74) is 2.66. The highest BCUT2D eigenvalue weighted by atomic mass is 16.5. The Morgan fingerprint density at radius 1 is 1.33 bits per heavy atom. The lowest BCUT2D eigenvalue weighted by molar-refractivity contribution is 0.223. The third-order valence-corrected chi connectivity index (χ3v) is 3.96. The molecule has 0 atom stereocenters. The maximum Gasteiger partial charge on any atom is 0.123 e. The van der Waals surface area contributed by atoms with Gasteiger partial charge < -0.3 is 10.1 Å². The van der Waals surface area contributed by atoms with Crippen LogP contribution in [0.15, 0.2) is 18.2 Å². The van der Waals surface area contributed by atoms with Crippen LogP contribution in [0.5, 0.6) is 5.75 Å². The van der Waals surface area contributed by atoms with Gasteiger partial charge in [0, 0.05) is 31.2 Å². The molecule has 1 fully saturated rings. The Kier molecular flexibility index (Phi) is 6.07. The van der Waals surface area contributed by atoms with E-state index in [-0.39, 0.29) is 0 Å². The van der Waals surface area contributed by atoms with Crippen molar-refractivity contribution in [3.05, 3.63) is 29.3 Å². The topological polar surface area (TPSA) is 24.5 Å². The van der Waals surface area contributed by atoms with Crippen LogP contribution in [0.25, 0.3) is 0 Å². The minimum absolute atomic E-state index is 0.710. The average Bonchev–Trinajstić information content (AvgIpc) is 3.28. The molecular weight excluding hydrogens is 260 g/mol. The summed E-state index contributed by atoms with van der Waals surface area (Å²) in [5, 5.41) is 3.40. The van der Waals surface area contributed by atoms with Crippen molar-refractivity contribution in [1.82, 2.24) is 10.2 Å². The Bertz CT molecular complexity index is 441. The molecule has 0 unspecified atom stereocenters. The van der Waals surface area contributed by atoms with E-state index < -0.39 is 0 Å². The van der Waals surface area contributed by atoms with Crippen molar-refractivity contribution in [3.8, 4) is 5.75 Å².